The standard InChI is InChI=1S/C14H20N2/c1-2-8-16(10-12-6-7-12)11-13-4-3-5-14(15)9-13/h2-5,9,12H,1,6-8,10-11,15H2. The zero-order valence-corrected chi connectivity index (χ0v) is 9.73. The Kier molecular flexibility index (Phi) is 3.62. The molecular weight excluding hydrogens is 196 g/mol. The summed E-state index contributed by atoms with van der Waals surface area (Å²) in [4.78, 5) is 2.44. The summed E-state index contributed by atoms with van der Waals surface area (Å²) in [6.07, 6.45) is 4.77. The quantitative estimate of drug-likeness (QED) is 0.585. The van der Waals surface area contributed by atoms with Crippen LogP contribution in [0.1, 0.15) is 18.4 Å². The molecule has 0 unspecified atom stereocenters. The largest absolute Gasteiger partial charge is 0.399 e. The van der Waals surface area contributed by atoms with E-state index in [0.717, 1.165) is 24.7 Å². The van der Waals surface area contributed by atoms with E-state index >= 15 is 0 Å². The number of nitrogens with zero attached hydrogens (tertiary/aromatic N) is 1. The van der Waals surface area contributed by atoms with Gasteiger partial charge in [0.1, 0.15) is 0 Å². The molecule has 0 saturated heterocycles. The first-order valence-electron chi connectivity index (χ1n) is 5.95. The molecule has 0 heterocycles. The lowest BCUT2D eigenvalue weighted by molar-refractivity contribution is 0.282. The van der Waals surface area contributed by atoms with E-state index in [2.05, 4.69) is 23.6 Å². The molecule has 1 aromatic carbocycles. The number of nitrogen functional groups attached to an aromatic ring is 1. The average molecular weight is 216 g/mol. The Labute approximate surface area is 97.8 Å². The first-order valence-corrected chi connectivity index (χ1v) is 5.95. The minimum atomic E-state index is 0.850. The molecular formula is C14H20N2. The molecule has 0 radical (unpaired) electrons. The molecule has 1 aliphatic rings. The van der Waals surface area contributed by atoms with Gasteiger partial charge in [0.15, 0.2) is 0 Å². The van der Waals surface area contributed by atoms with Crippen LogP contribution < -0.4 is 5.73 Å². The van der Waals surface area contributed by atoms with Gasteiger partial charge in [-0.1, -0.05) is 18.2 Å². The Balaban J connectivity index is 1.95. The summed E-state index contributed by atoms with van der Waals surface area (Å²) in [5.41, 5.74) is 7.93. The van der Waals surface area contributed by atoms with Crippen molar-refractivity contribution in [2.75, 3.05) is 18.8 Å². The lowest BCUT2D eigenvalue weighted by Crippen LogP contribution is -2.25. The van der Waals surface area contributed by atoms with E-state index in [0.29, 0.717) is 0 Å². The van der Waals surface area contributed by atoms with Crippen LogP contribution in [0, 0.1) is 5.92 Å². The van der Waals surface area contributed by atoms with Crippen LogP contribution in [0.2, 0.25) is 0 Å². The summed E-state index contributed by atoms with van der Waals surface area (Å²) in [5.74, 6) is 0.918. The third kappa shape index (κ3) is 3.38. The van der Waals surface area contributed by atoms with E-state index in [-0.39, 0.29) is 0 Å². The zero-order valence-electron chi connectivity index (χ0n) is 9.73. The molecule has 2 nitrogen and oxygen atoms in total. The fourth-order valence-corrected chi connectivity index (χ4v) is 2.00. The fourth-order valence-electron chi connectivity index (χ4n) is 2.00. The van der Waals surface area contributed by atoms with Crippen molar-refractivity contribution in [2.45, 2.75) is 19.4 Å². The molecule has 0 amide bonds. The Hall–Kier alpha value is -1.28. The van der Waals surface area contributed by atoms with E-state index in [1.165, 1.54) is 24.9 Å². The van der Waals surface area contributed by atoms with E-state index in [9.17, 15) is 0 Å². The van der Waals surface area contributed by atoms with Crippen molar-refractivity contribution in [2.24, 2.45) is 5.92 Å². The highest BCUT2D eigenvalue weighted by Crippen LogP contribution is 2.30. The fraction of sp³-hybridized carbons (Fsp3) is 0.429. The van der Waals surface area contributed by atoms with Gasteiger partial charge in [-0.3, -0.25) is 4.90 Å². The third-order valence-corrected chi connectivity index (χ3v) is 2.96. The molecule has 1 aliphatic carbocycles. The van der Waals surface area contributed by atoms with Crippen molar-refractivity contribution in [3.63, 3.8) is 0 Å². The van der Waals surface area contributed by atoms with Gasteiger partial charge in [0.2, 0.25) is 0 Å². The Bertz CT molecular complexity index is 356. The summed E-state index contributed by atoms with van der Waals surface area (Å²) in [7, 11) is 0. The molecule has 1 aromatic rings. The summed E-state index contributed by atoms with van der Waals surface area (Å²) >= 11 is 0. The van der Waals surface area contributed by atoms with Crippen molar-refractivity contribution in [3.8, 4) is 0 Å². The minimum absolute atomic E-state index is 0.850. The number of hydrogen-bond acceptors (Lipinski definition) is 2. The van der Waals surface area contributed by atoms with Crippen LogP contribution in [0.3, 0.4) is 0 Å². The number of rotatable bonds is 6. The number of anilines is 1. The van der Waals surface area contributed by atoms with E-state index in [4.69, 9.17) is 5.73 Å². The van der Waals surface area contributed by atoms with Gasteiger partial charge in [0, 0.05) is 25.3 Å². The zero-order chi connectivity index (χ0) is 11.4. The second-order valence-electron chi connectivity index (χ2n) is 4.67. The van der Waals surface area contributed by atoms with Crippen molar-refractivity contribution in [1.82, 2.24) is 4.90 Å². The van der Waals surface area contributed by atoms with Gasteiger partial charge in [0.25, 0.3) is 0 Å². The Morgan fingerprint density at radius 2 is 2.25 bits per heavy atom. The first-order chi connectivity index (χ1) is 7.78. The summed E-state index contributed by atoms with van der Waals surface area (Å²) in [5, 5.41) is 0. The molecule has 2 heteroatoms. The van der Waals surface area contributed by atoms with Crippen LogP contribution in [0.25, 0.3) is 0 Å². The molecule has 16 heavy (non-hydrogen) atoms. The predicted octanol–water partition coefficient (Wildman–Crippen LogP) is 2.67. The second-order valence-corrected chi connectivity index (χ2v) is 4.67. The van der Waals surface area contributed by atoms with Gasteiger partial charge in [-0.2, -0.15) is 0 Å². The second kappa shape index (κ2) is 5.17. The van der Waals surface area contributed by atoms with Gasteiger partial charge in [-0.25, -0.2) is 0 Å². The van der Waals surface area contributed by atoms with Gasteiger partial charge in [0.05, 0.1) is 0 Å². The predicted molar refractivity (Wildman–Crippen MR) is 69.1 cm³/mol. The molecule has 1 fully saturated rings. The van der Waals surface area contributed by atoms with Crippen LogP contribution >= 0.6 is 0 Å². The third-order valence-electron chi connectivity index (χ3n) is 2.96. The summed E-state index contributed by atoms with van der Waals surface area (Å²) in [6.45, 7) is 6.96. The summed E-state index contributed by atoms with van der Waals surface area (Å²) in [6, 6.07) is 8.15. The van der Waals surface area contributed by atoms with Crippen molar-refractivity contribution >= 4 is 5.69 Å². The van der Waals surface area contributed by atoms with E-state index < -0.39 is 0 Å². The van der Waals surface area contributed by atoms with Gasteiger partial charge in [-0.15, -0.1) is 6.58 Å². The highest BCUT2D eigenvalue weighted by atomic mass is 15.1. The summed E-state index contributed by atoms with van der Waals surface area (Å²) < 4.78 is 0. The van der Waals surface area contributed by atoms with Gasteiger partial charge >= 0.3 is 0 Å². The van der Waals surface area contributed by atoms with Crippen LogP contribution in [0.15, 0.2) is 36.9 Å². The number of nitrogens with two attached hydrogens (primary N) is 1. The van der Waals surface area contributed by atoms with Crippen LogP contribution in [0.5, 0.6) is 0 Å². The molecule has 0 atom stereocenters. The molecule has 0 bridgehead atoms. The topological polar surface area (TPSA) is 29.3 Å². The van der Waals surface area contributed by atoms with Gasteiger partial charge in [-0.05, 0) is 36.5 Å². The maximum atomic E-state index is 5.78. The number of hydrogen-bond donors (Lipinski definition) is 1. The Morgan fingerprint density at radius 1 is 1.44 bits per heavy atom. The van der Waals surface area contributed by atoms with Crippen molar-refractivity contribution in [3.05, 3.63) is 42.5 Å². The van der Waals surface area contributed by atoms with Crippen LogP contribution in [0.4, 0.5) is 5.69 Å². The van der Waals surface area contributed by atoms with Crippen LogP contribution in [-0.2, 0) is 6.54 Å². The lowest BCUT2D eigenvalue weighted by atomic mass is 10.2. The molecule has 2 rings (SSSR count). The Morgan fingerprint density at radius 3 is 2.88 bits per heavy atom. The molecule has 0 aromatic heterocycles. The molecule has 86 valence electrons. The van der Waals surface area contributed by atoms with E-state index in [1.807, 2.05) is 18.2 Å². The van der Waals surface area contributed by atoms with Crippen molar-refractivity contribution < 1.29 is 0 Å². The average Bonchev–Trinajstić information content (AvgIpc) is 3.02. The molecule has 1 saturated carbocycles. The number of benzene rings is 1. The smallest absolute Gasteiger partial charge is 0.0317 e. The highest BCUT2D eigenvalue weighted by Gasteiger charge is 2.23. The van der Waals surface area contributed by atoms with Crippen LogP contribution in [-0.4, -0.2) is 18.0 Å². The maximum absolute atomic E-state index is 5.78. The lowest BCUT2D eigenvalue weighted by Gasteiger charge is -2.20. The molecule has 0 aliphatic heterocycles. The van der Waals surface area contributed by atoms with Crippen molar-refractivity contribution in [1.29, 1.82) is 0 Å². The SMILES string of the molecule is C=CCN(Cc1cccc(N)c1)CC1CC1. The highest BCUT2D eigenvalue weighted by molar-refractivity contribution is 5.40. The minimum Gasteiger partial charge on any atom is -0.399 e. The van der Waals surface area contributed by atoms with Gasteiger partial charge < -0.3 is 5.73 Å². The molecule has 0 spiro atoms. The first kappa shape index (κ1) is 11.2. The normalized spacial score (nSPS) is 15.3. The monoisotopic (exact) mass is 216 g/mol. The van der Waals surface area contributed by atoms with E-state index in [1.54, 1.807) is 0 Å². The molecule has 2 N–H and O–H groups in total. The maximum Gasteiger partial charge on any atom is 0.0317 e.